The van der Waals surface area contributed by atoms with Crippen LogP contribution in [0.1, 0.15) is 33.4 Å². The molecule has 166 valence electrons. The molecule has 0 aliphatic heterocycles. The summed E-state index contributed by atoms with van der Waals surface area (Å²) in [6.07, 6.45) is 5.02. The Hall–Kier alpha value is -4.49. The Morgan fingerprint density at radius 2 is 1.25 bits per heavy atom. The summed E-state index contributed by atoms with van der Waals surface area (Å²) in [5.74, 6) is 0. The van der Waals surface area contributed by atoms with Crippen molar-refractivity contribution < 1.29 is 0 Å². The van der Waals surface area contributed by atoms with E-state index in [-0.39, 0.29) is 5.41 Å². The van der Waals surface area contributed by atoms with Crippen LogP contribution in [0.15, 0.2) is 116 Å². The molecule has 3 aliphatic carbocycles. The van der Waals surface area contributed by atoms with Crippen LogP contribution in [0.25, 0.3) is 44.2 Å². The molecule has 36 heavy (non-hydrogen) atoms. The summed E-state index contributed by atoms with van der Waals surface area (Å²) in [6, 6.07) is 38.6. The van der Waals surface area contributed by atoms with Crippen molar-refractivity contribution in [2.45, 2.75) is 11.8 Å². The summed E-state index contributed by atoms with van der Waals surface area (Å²) in [4.78, 5) is 4.64. The molecule has 0 bridgehead atoms. The summed E-state index contributed by atoms with van der Waals surface area (Å²) in [5.41, 5.74) is 16.1. The Bertz CT molecular complexity index is 1880. The molecule has 0 saturated heterocycles. The van der Waals surface area contributed by atoms with Crippen molar-refractivity contribution in [2.75, 3.05) is 0 Å². The Labute approximate surface area is 209 Å². The Morgan fingerprint density at radius 1 is 0.528 bits per heavy atom. The zero-order valence-electron chi connectivity index (χ0n) is 19.6. The van der Waals surface area contributed by atoms with E-state index in [1.165, 1.54) is 77.5 Å². The van der Waals surface area contributed by atoms with Crippen LogP contribution >= 0.6 is 0 Å². The molecule has 1 heteroatoms. The highest BCUT2D eigenvalue weighted by Gasteiger charge is 2.52. The standard InChI is InChI=1S/C35H21N/c1-2-8-24-21(7-1)13-14-22-17-23-18-32-29(19-28(23)34(22)24)26-10-4-6-12-31(26)35(32)30-11-5-3-9-25(30)27-15-16-36-20-33(27)35/h1-16,18-20H,17H2. The van der Waals surface area contributed by atoms with Crippen molar-refractivity contribution >= 4 is 10.8 Å². The van der Waals surface area contributed by atoms with Crippen LogP contribution < -0.4 is 0 Å². The predicted molar refractivity (Wildman–Crippen MR) is 146 cm³/mol. The number of aromatic nitrogens is 1. The van der Waals surface area contributed by atoms with Crippen LogP contribution in [0.4, 0.5) is 0 Å². The smallest absolute Gasteiger partial charge is 0.0740 e. The lowest BCUT2D eigenvalue weighted by Crippen LogP contribution is -2.26. The van der Waals surface area contributed by atoms with Crippen molar-refractivity contribution in [3.63, 3.8) is 0 Å². The normalized spacial score (nSPS) is 17.4. The lowest BCUT2D eigenvalue weighted by Gasteiger charge is -2.30. The monoisotopic (exact) mass is 455 g/mol. The predicted octanol–water partition coefficient (Wildman–Crippen LogP) is 8.15. The third kappa shape index (κ3) is 2.04. The van der Waals surface area contributed by atoms with Gasteiger partial charge in [0.1, 0.15) is 0 Å². The molecular formula is C35H21N. The first kappa shape index (κ1) is 18.8. The van der Waals surface area contributed by atoms with Gasteiger partial charge in [0, 0.05) is 12.4 Å². The lowest BCUT2D eigenvalue weighted by atomic mass is 9.70. The lowest BCUT2D eigenvalue weighted by molar-refractivity contribution is 0.787. The maximum atomic E-state index is 4.64. The van der Waals surface area contributed by atoms with E-state index in [1.807, 2.05) is 6.20 Å². The molecular weight excluding hydrogens is 434 g/mol. The molecule has 0 radical (unpaired) electrons. The van der Waals surface area contributed by atoms with Gasteiger partial charge in [0.05, 0.1) is 5.41 Å². The minimum Gasteiger partial charge on any atom is -0.264 e. The molecule has 1 nitrogen and oxygen atoms in total. The quantitative estimate of drug-likeness (QED) is 0.225. The zero-order chi connectivity index (χ0) is 23.4. The second-order valence-electron chi connectivity index (χ2n) is 10.3. The molecule has 5 aromatic carbocycles. The summed E-state index contributed by atoms with van der Waals surface area (Å²) < 4.78 is 0. The Morgan fingerprint density at radius 3 is 2.11 bits per heavy atom. The molecule has 9 rings (SSSR count). The Balaban J connectivity index is 1.43. The first-order valence-corrected chi connectivity index (χ1v) is 12.7. The van der Waals surface area contributed by atoms with Gasteiger partial charge < -0.3 is 0 Å². The molecule has 1 aromatic heterocycles. The van der Waals surface area contributed by atoms with E-state index in [4.69, 9.17) is 0 Å². The van der Waals surface area contributed by atoms with Gasteiger partial charge in [-0.1, -0.05) is 91.0 Å². The molecule has 1 spiro atoms. The highest BCUT2D eigenvalue weighted by Crippen LogP contribution is 2.63. The second-order valence-corrected chi connectivity index (χ2v) is 10.3. The highest BCUT2D eigenvalue weighted by molar-refractivity contribution is 6.03. The van der Waals surface area contributed by atoms with Crippen LogP contribution in [-0.2, 0) is 11.8 Å². The number of hydrogen-bond acceptors (Lipinski definition) is 1. The summed E-state index contributed by atoms with van der Waals surface area (Å²) in [5, 5.41) is 2.67. The molecule has 1 atom stereocenters. The average molecular weight is 456 g/mol. The highest BCUT2D eigenvalue weighted by atomic mass is 14.7. The van der Waals surface area contributed by atoms with Gasteiger partial charge >= 0.3 is 0 Å². The van der Waals surface area contributed by atoms with Gasteiger partial charge in [0.25, 0.3) is 0 Å². The largest absolute Gasteiger partial charge is 0.264 e. The molecule has 6 aromatic rings. The van der Waals surface area contributed by atoms with Crippen LogP contribution in [0.3, 0.4) is 0 Å². The molecule has 3 aliphatic rings. The second kappa shape index (κ2) is 6.38. The number of nitrogens with zero attached hydrogens (tertiary/aromatic N) is 1. The van der Waals surface area contributed by atoms with Gasteiger partial charge in [0.2, 0.25) is 0 Å². The number of rotatable bonds is 0. The number of hydrogen-bond donors (Lipinski definition) is 0. The summed E-state index contributed by atoms with van der Waals surface area (Å²) >= 11 is 0. The number of pyridine rings is 1. The van der Waals surface area contributed by atoms with E-state index >= 15 is 0 Å². The number of benzene rings is 5. The van der Waals surface area contributed by atoms with E-state index < -0.39 is 0 Å². The third-order valence-corrected chi connectivity index (χ3v) is 8.78. The molecule has 0 saturated carbocycles. The summed E-state index contributed by atoms with van der Waals surface area (Å²) in [7, 11) is 0. The van der Waals surface area contributed by atoms with Gasteiger partial charge in [0.15, 0.2) is 0 Å². The maximum absolute atomic E-state index is 4.64. The van der Waals surface area contributed by atoms with Gasteiger partial charge in [-0.15, -0.1) is 0 Å². The first-order chi connectivity index (χ1) is 17.9. The minimum absolute atomic E-state index is 0.321. The number of fused-ring (bicyclic) bond motifs is 15. The van der Waals surface area contributed by atoms with Gasteiger partial charge in [-0.25, -0.2) is 0 Å². The van der Waals surface area contributed by atoms with Gasteiger partial charge in [-0.3, -0.25) is 4.98 Å². The molecule has 0 fully saturated rings. The van der Waals surface area contributed by atoms with E-state index in [2.05, 4.69) is 114 Å². The van der Waals surface area contributed by atoms with Gasteiger partial charge in [-0.2, -0.15) is 0 Å². The fourth-order valence-corrected chi connectivity index (χ4v) is 7.43. The molecule has 1 heterocycles. The van der Waals surface area contributed by atoms with Crippen LogP contribution in [0.5, 0.6) is 0 Å². The molecule has 0 amide bonds. The van der Waals surface area contributed by atoms with Gasteiger partial charge in [-0.05, 0) is 96.1 Å². The topological polar surface area (TPSA) is 12.9 Å². The SMILES string of the molecule is c1ccc2c(c1)-c1ccncc1C21c2ccccc2-c2cc3c(cc21)Cc1ccc2ccccc2c1-3. The van der Waals surface area contributed by atoms with E-state index in [1.54, 1.807) is 0 Å². The van der Waals surface area contributed by atoms with Crippen molar-refractivity contribution in [3.05, 3.63) is 149 Å². The van der Waals surface area contributed by atoms with Crippen LogP contribution in [0.2, 0.25) is 0 Å². The van der Waals surface area contributed by atoms with E-state index in [0.29, 0.717) is 0 Å². The van der Waals surface area contributed by atoms with Crippen molar-refractivity contribution in [2.24, 2.45) is 0 Å². The van der Waals surface area contributed by atoms with Crippen molar-refractivity contribution in [1.29, 1.82) is 0 Å². The first-order valence-electron chi connectivity index (χ1n) is 12.7. The Kier molecular flexibility index (Phi) is 3.33. The minimum atomic E-state index is -0.321. The fourth-order valence-electron chi connectivity index (χ4n) is 7.43. The maximum Gasteiger partial charge on any atom is 0.0740 e. The van der Waals surface area contributed by atoms with Crippen LogP contribution in [0, 0.1) is 0 Å². The van der Waals surface area contributed by atoms with Crippen molar-refractivity contribution in [1.82, 2.24) is 4.98 Å². The van der Waals surface area contributed by atoms with E-state index in [0.717, 1.165) is 6.42 Å². The third-order valence-electron chi connectivity index (χ3n) is 8.78. The zero-order valence-corrected chi connectivity index (χ0v) is 19.6. The fraction of sp³-hybridized carbons (Fsp3) is 0.0571. The van der Waals surface area contributed by atoms with Crippen molar-refractivity contribution in [3.8, 4) is 33.4 Å². The van der Waals surface area contributed by atoms with Crippen LogP contribution in [-0.4, -0.2) is 4.98 Å². The average Bonchev–Trinajstić information content (AvgIpc) is 3.55. The molecule has 0 N–H and O–H groups in total. The molecule has 1 unspecified atom stereocenters. The summed E-state index contributed by atoms with van der Waals surface area (Å²) in [6.45, 7) is 0. The van der Waals surface area contributed by atoms with E-state index in [9.17, 15) is 0 Å².